The molecule has 3 aromatic carbocycles. The summed E-state index contributed by atoms with van der Waals surface area (Å²) in [6.07, 6.45) is 6.41. The van der Waals surface area contributed by atoms with Crippen LogP contribution in [0, 0.1) is 6.92 Å². The fraction of sp³-hybridized carbons (Fsp3) is 0.259. The van der Waals surface area contributed by atoms with E-state index in [0.717, 1.165) is 0 Å². The predicted molar refractivity (Wildman–Crippen MR) is 129 cm³/mol. The van der Waals surface area contributed by atoms with E-state index >= 15 is 0 Å². The maximum absolute atomic E-state index is 3.00. The van der Waals surface area contributed by atoms with Gasteiger partial charge in [-0.2, -0.15) is 0 Å². The van der Waals surface area contributed by atoms with Gasteiger partial charge in [0, 0.05) is 0 Å². The Morgan fingerprint density at radius 1 is 0.741 bits per heavy atom. The van der Waals surface area contributed by atoms with Crippen LogP contribution in [0.3, 0.4) is 0 Å². The molecule has 0 fully saturated rings. The lowest BCUT2D eigenvalue weighted by Gasteiger charge is -2.12. The Morgan fingerprint density at radius 3 is 1.52 bits per heavy atom. The first-order chi connectivity index (χ1) is 13.1. The predicted octanol–water partition coefficient (Wildman–Crippen LogP) is 9.14. The van der Waals surface area contributed by atoms with E-state index < -0.39 is 0 Å². The molecule has 0 radical (unpaired) electrons. The average molecular weight is 361 g/mol. The molecule has 0 aliphatic carbocycles. The van der Waals surface area contributed by atoms with Gasteiger partial charge in [0.25, 0.3) is 0 Å². The quantitative estimate of drug-likeness (QED) is 0.300. The van der Waals surface area contributed by atoms with Gasteiger partial charge in [-0.1, -0.05) is 86.2 Å². The Balaban J connectivity index is 0.000000646. The van der Waals surface area contributed by atoms with Gasteiger partial charge in [0.05, 0.1) is 0 Å². The Hall–Kier alpha value is -2.60. The van der Waals surface area contributed by atoms with Crippen molar-refractivity contribution >= 4 is 27.6 Å². The molecule has 0 aliphatic heterocycles. The fourth-order valence-corrected chi connectivity index (χ4v) is 2.73. The van der Waals surface area contributed by atoms with Crippen LogP contribution in [0.2, 0.25) is 0 Å². The molecule has 0 heterocycles. The number of aryl methyl sites for hydroxylation is 1. The molecule has 27 heavy (non-hydrogen) atoms. The second-order valence-electron chi connectivity index (χ2n) is 6.00. The van der Waals surface area contributed by atoms with Crippen molar-refractivity contribution in [2.45, 2.75) is 48.5 Å². The van der Waals surface area contributed by atoms with Crippen molar-refractivity contribution in [2.75, 3.05) is 0 Å². The molecule has 0 heteroatoms. The number of benzene rings is 3. The molecule has 0 nitrogen and oxygen atoms in total. The van der Waals surface area contributed by atoms with Crippen molar-refractivity contribution in [3.63, 3.8) is 0 Å². The molecule has 3 aromatic rings. The van der Waals surface area contributed by atoms with Crippen molar-refractivity contribution in [1.29, 1.82) is 0 Å². The van der Waals surface area contributed by atoms with Crippen LogP contribution < -0.4 is 0 Å². The molecule has 0 saturated heterocycles. The van der Waals surface area contributed by atoms with E-state index in [0.29, 0.717) is 0 Å². The second kappa shape index (κ2) is 13.6. The highest BCUT2D eigenvalue weighted by Gasteiger charge is 2.08. The summed E-state index contributed by atoms with van der Waals surface area (Å²) in [5.41, 5.74) is 4.08. The minimum Gasteiger partial charge on any atom is -0.106 e. The molecule has 3 rings (SSSR count). The van der Waals surface area contributed by atoms with E-state index in [1.165, 1.54) is 38.2 Å². The van der Waals surface area contributed by atoms with E-state index in [-0.39, 0.29) is 0 Å². The molecule has 0 aromatic heterocycles. The van der Waals surface area contributed by atoms with Gasteiger partial charge >= 0.3 is 0 Å². The topological polar surface area (TPSA) is 0 Å². The van der Waals surface area contributed by atoms with E-state index in [4.69, 9.17) is 0 Å². The van der Waals surface area contributed by atoms with Crippen LogP contribution in [0.15, 0.2) is 79.4 Å². The third kappa shape index (κ3) is 6.57. The first-order valence-corrected chi connectivity index (χ1v) is 9.72. The van der Waals surface area contributed by atoms with E-state index in [1.807, 2.05) is 20.8 Å². The first kappa shape index (κ1) is 24.4. The lowest BCUT2D eigenvalue weighted by molar-refractivity contribution is 1.36. The zero-order valence-corrected chi connectivity index (χ0v) is 18.3. The summed E-state index contributed by atoms with van der Waals surface area (Å²) < 4.78 is 0. The molecule has 0 atom stereocenters. The van der Waals surface area contributed by atoms with Gasteiger partial charge in [-0.3, -0.25) is 0 Å². The van der Waals surface area contributed by atoms with Gasteiger partial charge in [0.2, 0.25) is 0 Å². The van der Waals surface area contributed by atoms with Gasteiger partial charge in [0.15, 0.2) is 0 Å². The van der Waals surface area contributed by atoms with Crippen LogP contribution in [0.25, 0.3) is 27.6 Å². The Kier molecular flexibility index (Phi) is 12.3. The minimum absolute atomic E-state index is 1.34. The Morgan fingerprint density at radius 2 is 1.11 bits per heavy atom. The van der Waals surface area contributed by atoms with Crippen LogP contribution in [0.4, 0.5) is 0 Å². The minimum atomic E-state index is 1.34. The summed E-state index contributed by atoms with van der Waals surface area (Å²) in [5, 5.41) is 5.38. The standard InChI is InChI=1S/C18H16.C5H10.C2H6.C2H4/c1-3-8-14-13(2)15-9-4-5-11-17(15)18-12-7-6-10-16(14)18;1-4-5(2)3;2*1-2/h3-12H,1-2H3;4H,1-3H3;1-2H3;1-2H2/b8-3-;;;. The number of hydrogen-bond acceptors (Lipinski definition) is 0. The molecule has 0 unspecified atom stereocenters. The zero-order valence-electron chi connectivity index (χ0n) is 18.3. The molecule has 0 spiro atoms. The lowest BCUT2D eigenvalue weighted by Crippen LogP contribution is -1.88. The van der Waals surface area contributed by atoms with Crippen LogP contribution in [0.5, 0.6) is 0 Å². The highest BCUT2D eigenvalue weighted by Crippen LogP contribution is 2.32. The fourth-order valence-electron chi connectivity index (χ4n) is 2.73. The average Bonchev–Trinajstić information content (AvgIpc) is 2.74. The van der Waals surface area contributed by atoms with Crippen molar-refractivity contribution < 1.29 is 0 Å². The Bertz CT molecular complexity index is 875. The Labute approximate surface area is 166 Å². The van der Waals surface area contributed by atoms with Crippen LogP contribution >= 0.6 is 0 Å². The monoisotopic (exact) mass is 360 g/mol. The number of fused-ring (bicyclic) bond motifs is 3. The van der Waals surface area contributed by atoms with E-state index in [9.17, 15) is 0 Å². The van der Waals surface area contributed by atoms with Gasteiger partial charge < -0.3 is 0 Å². The lowest BCUT2D eigenvalue weighted by atomic mass is 9.92. The summed E-state index contributed by atoms with van der Waals surface area (Å²) in [7, 11) is 0. The molecule has 0 amide bonds. The third-order valence-corrected chi connectivity index (χ3v) is 4.15. The van der Waals surface area contributed by atoms with Crippen molar-refractivity contribution in [3.05, 3.63) is 90.5 Å². The molecule has 0 saturated carbocycles. The zero-order chi connectivity index (χ0) is 20.8. The van der Waals surface area contributed by atoms with Gasteiger partial charge in [0.1, 0.15) is 0 Å². The molecule has 0 N–H and O–H groups in total. The van der Waals surface area contributed by atoms with Crippen LogP contribution in [-0.4, -0.2) is 0 Å². The van der Waals surface area contributed by atoms with Crippen molar-refractivity contribution in [3.8, 4) is 0 Å². The first-order valence-electron chi connectivity index (χ1n) is 9.72. The summed E-state index contributed by atoms with van der Waals surface area (Å²) >= 11 is 0. The van der Waals surface area contributed by atoms with Crippen LogP contribution in [-0.2, 0) is 0 Å². The number of rotatable bonds is 1. The van der Waals surface area contributed by atoms with Gasteiger partial charge in [-0.15, -0.1) is 13.2 Å². The highest BCUT2D eigenvalue weighted by atomic mass is 14.1. The molecular formula is C27H36. The van der Waals surface area contributed by atoms with E-state index in [1.54, 1.807) is 0 Å². The van der Waals surface area contributed by atoms with E-state index in [2.05, 4.69) is 108 Å². The normalized spacial score (nSPS) is 9.44. The van der Waals surface area contributed by atoms with Gasteiger partial charge in [-0.05, 0) is 67.3 Å². The van der Waals surface area contributed by atoms with Crippen molar-refractivity contribution in [2.24, 2.45) is 0 Å². The molecule has 144 valence electrons. The number of hydrogen-bond donors (Lipinski definition) is 0. The SMILES string of the molecule is C/C=C\c1c(C)c2ccccc2c2ccccc12.C=C.CC.CC=C(C)C. The summed E-state index contributed by atoms with van der Waals surface area (Å²) in [5.74, 6) is 0. The maximum Gasteiger partial charge on any atom is -0.00992 e. The smallest absolute Gasteiger partial charge is 0.00992 e. The highest BCUT2D eigenvalue weighted by molar-refractivity contribution is 6.12. The van der Waals surface area contributed by atoms with Gasteiger partial charge in [-0.25, -0.2) is 0 Å². The maximum atomic E-state index is 3.00. The number of allylic oxidation sites excluding steroid dienone is 3. The largest absolute Gasteiger partial charge is 0.106 e. The molecule has 0 aliphatic rings. The molecular weight excluding hydrogens is 324 g/mol. The summed E-state index contributed by atoms with van der Waals surface area (Å²) in [6, 6.07) is 17.3. The third-order valence-electron chi connectivity index (χ3n) is 4.15. The van der Waals surface area contributed by atoms with Crippen molar-refractivity contribution in [1.82, 2.24) is 0 Å². The van der Waals surface area contributed by atoms with Crippen LogP contribution in [0.1, 0.15) is 52.7 Å². The summed E-state index contributed by atoms with van der Waals surface area (Å²) in [4.78, 5) is 0. The summed E-state index contributed by atoms with van der Waals surface area (Å²) in [6.45, 7) is 20.5. The second-order valence-corrected chi connectivity index (χ2v) is 6.00. The molecule has 0 bridgehead atoms.